The maximum atomic E-state index is 5.75. The molecule has 0 aliphatic heterocycles. The molecule has 0 aliphatic carbocycles. The first-order chi connectivity index (χ1) is 5.54. The Balaban J connectivity index is 4.23. The van der Waals surface area contributed by atoms with Crippen molar-refractivity contribution in [3.63, 3.8) is 0 Å². The highest BCUT2D eigenvalue weighted by molar-refractivity contribution is 4.77. The molecule has 0 radical (unpaired) electrons. The lowest BCUT2D eigenvalue weighted by atomic mass is 10.0. The monoisotopic (exact) mass is 172 g/mol. The zero-order chi connectivity index (χ0) is 9.72. The molecule has 1 unspecified atom stereocenters. The third-order valence-electron chi connectivity index (χ3n) is 2.47. The van der Waals surface area contributed by atoms with Crippen LogP contribution in [-0.4, -0.2) is 30.1 Å². The lowest BCUT2D eigenvalue weighted by Crippen LogP contribution is -2.47. The standard InChI is InChI=1S/C10H24N2/c1-6-12(9(4)5)10(7-11)8(2)3/h8-10H,6-7,11H2,1-5H3. The topological polar surface area (TPSA) is 29.3 Å². The van der Waals surface area contributed by atoms with Crippen LogP contribution in [0.2, 0.25) is 0 Å². The lowest BCUT2D eigenvalue weighted by molar-refractivity contribution is 0.130. The number of nitrogens with zero attached hydrogens (tertiary/aromatic N) is 1. The van der Waals surface area contributed by atoms with Crippen LogP contribution in [0.1, 0.15) is 34.6 Å². The minimum absolute atomic E-state index is 0.537. The Labute approximate surface area is 77.1 Å². The van der Waals surface area contributed by atoms with Gasteiger partial charge in [-0.1, -0.05) is 20.8 Å². The number of nitrogens with two attached hydrogens (primary N) is 1. The van der Waals surface area contributed by atoms with Crippen molar-refractivity contribution in [2.45, 2.75) is 46.7 Å². The Bertz CT molecular complexity index is 96.4. The molecule has 2 nitrogen and oxygen atoms in total. The van der Waals surface area contributed by atoms with E-state index in [1.165, 1.54) is 0 Å². The van der Waals surface area contributed by atoms with E-state index in [1.54, 1.807) is 0 Å². The highest BCUT2D eigenvalue weighted by Crippen LogP contribution is 2.12. The summed E-state index contributed by atoms with van der Waals surface area (Å²) < 4.78 is 0. The predicted molar refractivity (Wildman–Crippen MR) is 55.2 cm³/mol. The van der Waals surface area contributed by atoms with Crippen molar-refractivity contribution in [2.24, 2.45) is 11.7 Å². The molecule has 2 heteroatoms. The number of hydrogen-bond acceptors (Lipinski definition) is 2. The highest BCUT2D eigenvalue weighted by atomic mass is 15.2. The maximum Gasteiger partial charge on any atom is 0.0243 e. The van der Waals surface area contributed by atoms with Crippen molar-refractivity contribution in [3.05, 3.63) is 0 Å². The van der Waals surface area contributed by atoms with Gasteiger partial charge in [0, 0.05) is 18.6 Å². The van der Waals surface area contributed by atoms with Gasteiger partial charge in [0.05, 0.1) is 0 Å². The molecule has 0 saturated carbocycles. The van der Waals surface area contributed by atoms with Gasteiger partial charge in [-0.2, -0.15) is 0 Å². The normalized spacial score (nSPS) is 14.8. The predicted octanol–water partition coefficient (Wildman–Crippen LogP) is 1.70. The molecule has 0 aromatic rings. The Kier molecular flexibility index (Phi) is 5.51. The van der Waals surface area contributed by atoms with E-state index in [0.29, 0.717) is 18.0 Å². The van der Waals surface area contributed by atoms with Gasteiger partial charge >= 0.3 is 0 Å². The first-order valence-electron chi connectivity index (χ1n) is 5.00. The molecule has 0 aromatic carbocycles. The van der Waals surface area contributed by atoms with E-state index in [1.807, 2.05) is 0 Å². The molecular formula is C10H24N2. The second-order valence-corrected chi connectivity index (χ2v) is 3.97. The summed E-state index contributed by atoms with van der Waals surface area (Å²) in [7, 11) is 0. The highest BCUT2D eigenvalue weighted by Gasteiger charge is 2.20. The fourth-order valence-corrected chi connectivity index (χ4v) is 1.77. The largest absolute Gasteiger partial charge is 0.329 e. The van der Waals surface area contributed by atoms with Crippen LogP contribution in [0.5, 0.6) is 0 Å². The summed E-state index contributed by atoms with van der Waals surface area (Å²) in [6.07, 6.45) is 0. The zero-order valence-electron chi connectivity index (χ0n) is 9.17. The SMILES string of the molecule is CCN(C(C)C)C(CN)C(C)C. The van der Waals surface area contributed by atoms with Crippen LogP contribution < -0.4 is 5.73 Å². The summed E-state index contributed by atoms with van der Waals surface area (Å²) >= 11 is 0. The first-order valence-corrected chi connectivity index (χ1v) is 5.00. The molecule has 0 fully saturated rings. The summed E-state index contributed by atoms with van der Waals surface area (Å²) in [6.45, 7) is 13.0. The van der Waals surface area contributed by atoms with Gasteiger partial charge in [-0.05, 0) is 26.3 Å². The van der Waals surface area contributed by atoms with Gasteiger partial charge in [-0.3, -0.25) is 4.90 Å². The maximum absolute atomic E-state index is 5.75. The third-order valence-corrected chi connectivity index (χ3v) is 2.47. The van der Waals surface area contributed by atoms with Gasteiger partial charge in [0.2, 0.25) is 0 Å². The number of likely N-dealkylation sites (N-methyl/N-ethyl adjacent to an activating group) is 1. The summed E-state index contributed by atoms with van der Waals surface area (Å²) in [5, 5.41) is 0. The number of hydrogen-bond donors (Lipinski definition) is 1. The molecule has 12 heavy (non-hydrogen) atoms. The molecule has 0 rings (SSSR count). The lowest BCUT2D eigenvalue weighted by Gasteiger charge is -2.35. The Morgan fingerprint density at radius 1 is 1.17 bits per heavy atom. The van der Waals surface area contributed by atoms with Crippen molar-refractivity contribution in [2.75, 3.05) is 13.1 Å². The number of rotatable bonds is 5. The van der Waals surface area contributed by atoms with E-state index < -0.39 is 0 Å². The van der Waals surface area contributed by atoms with Gasteiger partial charge in [0.25, 0.3) is 0 Å². The van der Waals surface area contributed by atoms with E-state index >= 15 is 0 Å². The second kappa shape index (κ2) is 5.55. The average Bonchev–Trinajstić information content (AvgIpc) is 1.98. The van der Waals surface area contributed by atoms with Crippen LogP contribution in [0.15, 0.2) is 0 Å². The van der Waals surface area contributed by atoms with Crippen LogP contribution in [0.4, 0.5) is 0 Å². The molecule has 0 spiro atoms. The van der Waals surface area contributed by atoms with E-state index in [2.05, 4.69) is 39.5 Å². The summed E-state index contributed by atoms with van der Waals surface area (Å²) in [6, 6.07) is 1.14. The van der Waals surface area contributed by atoms with Crippen molar-refractivity contribution in [3.8, 4) is 0 Å². The van der Waals surface area contributed by atoms with Gasteiger partial charge in [0.1, 0.15) is 0 Å². The average molecular weight is 172 g/mol. The summed E-state index contributed by atoms with van der Waals surface area (Å²) in [5.41, 5.74) is 5.75. The molecule has 1 atom stereocenters. The Hall–Kier alpha value is -0.0800. The van der Waals surface area contributed by atoms with Gasteiger partial charge in [-0.25, -0.2) is 0 Å². The van der Waals surface area contributed by atoms with Gasteiger partial charge < -0.3 is 5.73 Å². The van der Waals surface area contributed by atoms with Crippen molar-refractivity contribution in [1.29, 1.82) is 0 Å². The second-order valence-electron chi connectivity index (χ2n) is 3.97. The molecule has 0 saturated heterocycles. The van der Waals surface area contributed by atoms with Crippen LogP contribution in [0, 0.1) is 5.92 Å². The smallest absolute Gasteiger partial charge is 0.0243 e. The van der Waals surface area contributed by atoms with Crippen LogP contribution in [-0.2, 0) is 0 Å². The molecule has 0 aliphatic rings. The molecular weight excluding hydrogens is 148 g/mol. The molecule has 0 bridgehead atoms. The Morgan fingerprint density at radius 2 is 1.67 bits per heavy atom. The summed E-state index contributed by atoms with van der Waals surface area (Å²) in [4.78, 5) is 2.46. The van der Waals surface area contributed by atoms with Crippen molar-refractivity contribution < 1.29 is 0 Å². The molecule has 74 valence electrons. The van der Waals surface area contributed by atoms with E-state index in [-0.39, 0.29) is 0 Å². The van der Waals surface area contributed by atoms with E-state index in [4.69, 9.17) is 5.73 Å². The third kappa shape index (κ3) is 3.11. The van der Waals surface area contributed by atoms with Crippen LogP contribution >= 0.6 is 0 Å². The van der Waals surface area contributed by atoms with E-state index in [9.17, 15) is 0 Å². The molecule has 2 N–H and O–H groups in total. The first kappa shape index (κ1) is 11.9. The van der Waals surface area contributed by atoms with Gasteiger partial charge in [-0.15, -0.1) is 0 Å². The quantitative estimate of drug-likeness (QED) is 0.684. The van der Waals surface area contributed by atoms with Crippen molar-refractivity contribution >= 4 is 0 Å². The zero-order valence-corrected chi connectivity index (χ0v) is 9.17. The van der Waals surface area contributed by atoms with Gasteiger partial charge in [0.15, 0.2) is 0 Å². The minimum atomic E-state index is 0.537. The fourth-order valence-electron chi connectivity index (χ4n) is 1.77. The fraction of sp³-hybridized carbons (Fsp3) is 1.00. The minimum Gasteiger partial charge on any atom is -0.329 e. The molecule has 0 aromatic heterocycles. The molecule has 0 amide bonds. The van der Waals surface area contributed by atoms with E-state index in [0.717, 1.165) is 13.1 Å². The van der Waals surface area contributed by atoms with Crippen LogP contribution in [0.3, 0.4) is 0 Å². The summed E-state index contributed by atoms with van der Waals surface area (Å²) in [5.74, 6) is 0.650. The molecule has 0 heterocycles. The van der Waals surface area contributed by atoms with Crippen LogP contribution in [0.25, 0.3) is 0 Å². The Morgan fingerprint density at radius 3 is 1.75 bits per heavy atom. The van der Waals surface area contributed by atoms with Crippen molar-refractivity contribution in [1.82, 2.24) is 4.90 Å².